The monoisotopic (exact) mass is 533 g/mol. The standard InChI is InChI=1S/C25H35N5O8/c1-4-12(2)21(30-22(34)17(10-19(32)33)28-23(35)20(26)13(3)31)24(36)29-18(25(37)38)9-14-11-27-16-8-6-5-7-15(14)16/h5-8,11-13,17-18,20-21,27,31H,4,9-10,26H2,1-3H3,(H,28,35)(H,29,36)(H,30,34)(H,32,33)(H,37,38). The quantitative estimate of drug-likeness (QED) is 0.156. The third-order valence-electron chi connectivity index (χ3n) is 6.34. The molecule has 13 nitrogen and oxygen atoms in total. The van der Waals surface area contributed by atoms with Crippen LogP contribution in [0.5, 0.6) is 0 Å². The van der Waals surface area contributed by atoms with Gasteiger partial charge < -0.3 is 42.0 Å². The number of nitrogens with one attached hydrogen (secondary N) is 4. The summed E-state index contributed by atoms with van der Waals surface area (Å²) in [5.74, 6) is -5.84. The molecule has 0 bridgehead atoms. The number of aliphatic hydroxyl groups is 1. The molecule has 3 amide bonds. The van der Waals surface area contributed by atoms with Crippen molar-refractivity contribution in [2.24, 2.45) is 11.7 Å². The van der Waals surface area contributed by atoms with Crippen LogP contribution < -0.4 is 21.7 Å². The molecule has 208 valence electrons. The summed E-state index contributed by atoms with van der Waals surface area (Å²) in [4.78, 5) is 64.8. The molecule has 6 unspecified atom stereocenters. The molecule has 0 aliphatic heterocycles. The average Bonchev–Trinajstić information content (AvgIpc) is 3.27. The number of aromatic amines is 1. The fraction of sp³-hybridized carbons (Fsp3) is 0.480. The van der Waals surface area contributed by atoms with Crippen molar-refractivity contribution in [2.45, 2.75) is 70.3 Å². The number of carboxylic acids is 2. The van der Waals surface area contributed by atoms with Crippen molar-refractivity contribution in [3.63, 3.8) is 0 Å². The van der Waals surface area contributed by atoms with Gasteiger partial charge in [0, 0.05) is 23.5 Å². The molecule has 38 heavy (non-hydrogen) atoms. The summed E-state index contributed by atoms with van der Waals surface area (Å²) in [6.07, 6.45) is -0.00945. The number of hydrogen-bond donors (Lipinski definition) is 8. The van der Waals surface area contributed by atoms with Gasteiger partial charge in [0.1, 0.15) is 24.2 Å². The molecule has 1 aromatic heterocycles. The summed E-state index contributed by atoms with van der Waals surface area (Å²) in [5, 5.41) is 36.4. The maximum Gasteiger partial charge on any atom is 0.326 e. The Hall–Kier alpha value is -3.97. The largest absolute Gasteiger partial charge is 0.481 e. The molecule has 0 saturated carbocycles. The van der Waals surface area contributed by atoms with Gasteiger partial charge in [0.15, 0.2) is 0 Å². The Bertz CT molecular complexity index is 1160. The first-order valence-electron chi connectivity index (χ1n) is 12.2. The van der Waals surface area contributed by atoms with Crippen molar-refractivity contribution >= 4 is 40.6 Å². The Balaban J connectivity index is 2.21. The van der Waals surface area contributed by atoms with Crippen LogP contribution in [0, 0.1) is 5.92 Å². The number of aromatic nitrogens is 1. The van der Waals surface area contributed by atoms with Crippen LogP contribution in [0.4, 0.5) is 0 Å². The van der Waals surface area contributed by atoms with E-state index < -0.39 is 72.3 Å². The summed E-state index contributed by atoms with van der Waals surface area (Å²) in [5.41, 5.74) is 7.06. The molecule has 0 saturated heterocycles. The number of hydrogen-bond acceptors (Lipinski definition) is 7. The molecule has 13 heteroatoms. The predicted molar refractivity (Wildman–Crippen MR) is 137 cm³/mol. The van der Waals surface area contributed by atoms with Crippen molar-refractivity contribution in [1.29, 1.82) is 0 Å². The van der Waals surface area contributed by atoms with Crippen molar-refractivity contribution in [3.05, 3.63) is 36.0 Å². The smallest absolute Gasteiger partial charge is 0.326 e. The van der Waals surface area contributed by atoms with E-state index in [1.807, 2.05) is 24.3 Å². The fourth-order valence-electron chi connectivity index (χ4n) is 3.81. The van der Waals surface area contributed by atoms with E-state index >= 15 is 0 Å². The molecule has 6 atom stereocenters. The molecule has 0 radical (unpaired) electrons. The highest BCUT2D eigenvalue weighted by molar-refractivity contribution is 5.96. The van der Waals surface area contributed by atoms with Crippen molar-refractivity contribution in [1.82, 2.24) is 20.9 Å². The van der Waals surface area contributed by atoms with Gasteiger partial charge in [-0.2, -0.15) is 0 Å². The number of amides is 3. The Labute approximate surface area is 219 Å². The Morgan fingerprint density at radius 1 is 0.947 bits per heavy atom. The lowest BCUT2D eigenvalue weighted by Crippen LogP contribution is -2.59. The number of H-pyrrole nitrogens is 1. The van der Waals surface area contributed by atoms with Crippen molar-refractivity contribution in [2.75, 3.05) is 0 Å². The Kier molecular flexibility index (Phi) is 10.8. The number of fused-ring (bicyclic) bond motifs is 1. The average molecular weight is 534 g/mol. The number of carbonyl (C=O) groups excluding carboxylic acids is 3. The topological polar surface area (TPSA) is 224 Å². The second-order valence-corrected chi connectivity index (χ2v) is 9.26. The zero-order chi connectivity index (χ0) is 28.6. The lowest BCUT2D eigenvalue weighted by Gasteiger charge is -2.28. The summed E-state index contributed by atoms with van der Waals surface area (Å²) < 4.78 is 0. The molecule has 0 spiro atoms. The van der Waals surface area contributed by atoms with E-state index in [1.54, 1.807) is 20.0 Å². The molecule has 0 aliphatic rings. The normalized spacial score (nSPS) is 15.9. The molecule has 1 aromatic carbocycles. The number of carbonyl (C=O) groups is 5. The van der Waals surface area contributed by atoms with E-state index in [-0.39, 0.29) is 6.42 Å². The van der Waals surface area contributed by atoms with Crippen molar-refractivity contribution < 1.29 is 39.3 Å². The molecular formula is C25H35N5O8. The summed E-state index contributed by atoms with van der Waals surface area (Å²) >= 11 is 0. The number of rotatable bonds is 14. The molecule has 2 rings (SSSR count). The minimum absolute atomic E-state index is 0.0266. The zero-order valence-corrected chi connectivity index (χ0v) is 21.4. The minimum atomic E-state index is -1.59. The molecule has 0 fully saturated rings. The van der Waals surface area contributed by atoms with E-state index in [0.717, 1.165) is 10.9 Å². The number of aliphatic carboxylic acids is 2. The number of aliphatic hydroxyl groups excluding tert-OH is 1. The second kappa shape index (κ2) is 13.5. The van der Waals surface area contributed by atoms with Gasteiger partial charge in [-0.15, -0.1) is 0 Å². The van der Waals surface area contributed by atoms with Crippen LogP contribution in [0.1, 0.15) is 39.2 Å². The van der Waals surface area contributed by atoms with E-state index in [1.165, 1.54) is 6.92 Å². The lowest BCUT2D eigenvalue weighted by atomic mass is 9.96. The van der Waals surface area contributed by atoms with Gasteiger partial charge in [-0.25, -0.2) is 4.79 Å². The molecule has 0 aliphatic carbocycles. The van der Waals surface area contributed by atoms with Crippen LogP contribution in [-0.4, -0.2) is 80.2 Å². The maximum absolute atomic E-state index is 13.2. The van der Waals surface area contributed by atoms with Crippen LogP contribution >= 0.6 is 0 Å². The van der Waals surface area contributed by atoms with Gasteiger partial charge in [0.2, 0.25) is 17.7 Å². The van der Waals surface area contributed by atoms with Gasteiger partial charge in [0.05, 0.1) is 12.5 Å². The molecule has 9 N–H and O–H groups in total. The van der Waals surface area contributed by atoms with Crippen LogP contribution in [0.15, 0.2) is 30.5 Å². The Morgan fingerprint density at radius 3 is 2.16 bits per heavy atom. The predicted octanol–water partition coefficient (Wildman–Crippen LogP) is -0.522. The molecule has 2 aromatic rings. The third kappa shape index (κ3) is 8.02. The third-order valence-corrected chi connectivity index (χ3v) is 6.34. The van der Waals surface area contributed by atoms with Crippen LogP contribution in [0.3, 0.4) is 0 Å². The first-order valence-corrected chi connectivity index (χ1v) is 12.2. The lowest BCUT2D eigenvalue weighted by molar-refractivity contribution is -0.143. The number of benzene rings is 1. The van der Waals surface area contributed by atoms with Crippen LogP contribution in [0.25, 0.3) is 10.9 Å². The highest BCUT2D eigenvalue weighted by Crippen LogP contribution is 2.19. The number of carboxylic acid groups (broad SMARTS) is 2. The molecular weight excluding hydrogens is 498 g/mol. The van der Waals surface area contributed by atoms with Gasteiger partial charge in [0.25, 0.3) is 0 Å². The van der Waals surface area contributed by atoms with Gasteiger partial charge in [-0.1, -0.05) is 38.5 Å². The molecule has 1 heterocycles. The SMILES string of the molecule is CCC(C)C(NC(=O)C(CC(=O)O)NC(=O)C(N)C(C)O)C(=O)NC(Cc1c[nH]c2ccccc12)C(=O)O. The zero-order valence-electron chi connectivity index (χ0n) is 21.4. The minimum Gasteiger partial charge on any atom is -0.481 e. The first kappa shape index (κ1) is 30.3. The van der Waals surface area contributed by atoms with Crippen LogP contribution in [-0.2, 0) is 30.4 Å². The van der Waals surface area contributed by atoms with Crippen molar-refractivity contribution in [3.8, 4) is 0 Å². The van der Waals surface area contributed by atoms with Gasteiger partial charge in [-0.3, -0.25) is 19.2 Å². The van der Waals surface area contributed by atoms with Gasteiger partial charge in [-0.05, 0) is 24.5 Å². The second-order valence-electron chi connectivity index (χ2n) is 9.26. The van der Waals surface area contributed by atoms with E-state index in [9.17, 15) is 39.3 Å². The van der Waals surface area contributed by atoms with Gasteiger partial charge >= 0.3 is 11.9 Å². The van der Waals surface area contributed by atoms with Crippen LogP contribution in [0.2, 0.25) is 0 Å². The highest BCUT2D eigenvalue weighted by Gasteiger charge is 2.34. The summed E-state index contributed by atoms with van der Waals surface area (Å²) in [6, 6.07) is 1.75. The van der Waals surface area contributed by atoms with E-state index in [2.05, 4.69) is 20.9 Å². The first-order chi connectivity index (χ1) is 17.8. The fourth-order valence-corrected chi connectivity index (χ4v) is 3.81. The number of para-hydroxylation sites is 1. The summed E-state index contributed by atoms with van der Waals surface area (Å²) in [6.45, 7) is 4.68. The van der Waals surface area contributed by atoms with E-state index in [0.29, 0.717) is 12.0 Å². The highest BCUT2D eigenvalue weighted by atomic mass is 16.4. The maximum atomic E-state index is 13.2. The summed E-state index contributed by atoms with van der Waals surface area (Å²) in [7, 11) is 0. The Morgan fingerprint density at radius 2 is 1.58 bits per heavy atom. The number of nitrogens with two attached hydrogens (primary N) is 1. The van der Waals surface area contributed by atoms with E-state index in [4.69, 9.17) is 5.73 Å².